The summed E-state index contributed by atoms with van der Waals surface area (Å²) in [6.45, 7) is 2.38. The average molecular weight is 497 g/mol. The first-order valence-electron chi connectivity index (χ1n) is 10.2. The summed E-state index contributed by atoms with van der Waals surface area (Å²) in [7, 11) is 2.90. The zero-order valence-electron chi connectivity index (χ0n) is 18.8. The fourth-order valence-electron chi connectivity index (χ4n) is 3.15. The van der Waals surface area contributed by atoms with Crippen molar-refractivity contribution in [3.05, 3.63) is 86.9 Å². The van der Waals surface area contributed by atoms with E-state index < -0.39 is 5.91 Å². The Balaban J connectivity index is 1.76. The molecule has 0 aliphatic rings. The number of aryl methyl sites for hydroxylation is 1. The van der Waals surface area contributed by atoms with Crippen LogP contribution in [0.3, 0.4) is 0 Å². The molecule has 0 heterocycles. The van der Waals surface area contributed by atoms with Crippen molar-refractivity contribution in [2.45, 2.75) is 13.5 Å². The Morgan fingerprint density at radius 3 is 2.38 bits per heavy atom. The van der Waals surface area contributed by atoms with Crippen LogP contribution in [-0.4, -0.2) is 20.1 Å². The van der Waals surface area contributed by atoms with Gasteiger partial charge in [0.05, 0.1) is 30.0 Å². The summed E-state index contributed by atoms with van der Waals surface area (Å²) in [5, 5.41) is 12.9. The van der Waals surface area contributed by atoms with Crippen LogP contribution in [0.4, 0.5) is 5.69 Å². The quantitative estimate of drug-likeness (QED) is 0.286. The van der Waals surface area contributed by atoms with Gasteiger partial charge in [-0.3, -0.25) is 4.79 Å². The van der Waals surface area contributed by atoms with Crippen molar-refractivity contribution >= 4 is 40.9 Å². The van der Waals surface area contributed by atoms with E-state index in [1.54, 1.807) is 18.2 Å². The third-order valence-electron chi connectivity index (χ3n) is 4.83. The fraction of sp³-hybridized carbons (Fsp3) is 0.154. The van der Waals surface area contributed by atoms with Gasteiger partial charge in [-0.25, -0.2) is 0 Å². The van der Waals surface area contributed by atoms with Gasteiger partial charge in [-0.15, -0.1) is 0 Å². The number of halogens is 2. The van der Waals surface area contributed by atoms with E-state index in [0.717, 1.165) is 11.1 Å². The second-order valence-corrected chi connectivity index (χ2v) is 8.09. The molecule has 0 saturated carbocycles. The van der Waals surface area contributed by atoms with E-state index in [9.17, 15) is 10.1 Å². The van der Waals surface area contributed by atoms with E-state index in [-0.39, 0.29) is 5.57 Å². The van der Waals surface area contributed by atoms with Crippen molar-refractivity contribution in [3.8, 4) is 23.3 Å². The predicted molar refractivity (Wildman–Crippen MR) is 134 cm³/mol. The summed E-state index contributed by atoms with van der Waals surface area (Å²) in [6.07, 6.45) is 1.44. The fourth-order valence-corrected chi connectivity index (χ4v) is 3.62. The number of ether oxygens (including phenoxy) is 3. The van der Waals surface area contributed by atoms with E-state index in [1.165, 1.54) is 32.4 Å². The molecule has 0 aliphatic carbocycles. The molecular weight excluding hydrogens is 475 g/mol. The molecule has 1 amide bonds. The van der Waals surface area contributed by atoms with Gasteiger partial charge < -0.3 is 19.5 Å². The van der Waals surface area contributed by atoms with Crippen LogP contribution in [0, 0.1) is 18.3 Å². The Bertz CT molecular complexity index is 1280. The largest absolute Gasteiger partial charge is 0.495 e. The third kappa shape index (κ3) is 6.22. The maximum absolute atomic E-state index is 12.8. The number of methoxy groups -OCH3 is 2. The number of nitriles is 1. The highest BCUT2D eigenvalue weighted by molar-refractivity contribution is 6.32. The summed E-state index contributed by atoms with van der Waals surface area (Å²) >= 11 is 12.5. The Morgan fingerprint density at radius 1 is 1.00 bits per heavy atom. The molecule has 3 aromatic carbocycles. The molecule has 0 radical (unpaired) electrons. The van der Waals surface area contributed by atoms with Crippen LogP contribution in [0.1, 0.15) is 16.7 Å². The van der Waals surface area contributed by atoms with E-state index in [1.807, 2.05) is 37.3 Å². The lowest BCUT2D eigenvalue weighted by molar-refractivity contribution is -0.112. The summed E-state index contributed by atoms with van der Waals surface area (Å²) < 4.78 is 16.3. The topological polar surface area (TPSA) is 80.6 Å². The minimum absolute atomic E-state index is 0.125. The van der Waals surface area contributed by atoms with Gasteiger partial charge in [-0.2, -0.15) is 5.26 Å². The molecule has 174 valence electrons. The molecular formula is C26H22Cl2N2O4. The first-order valence-corrected chi connectivity index (χ1v) is 10.9. The number of anilines is 1. The Kier molecular flexibility index (Phi) is 8.42. The van der Waals surface area contributed by atoms with Crippen LogP contribution in [0.5, 0.6) is 17.2 Å². The minimum Gasteiger partial charge on any atom is -0.495 e. The van der Waals surface area contributed by atoms with Crippen molar-refractivity contribution in [1.82, 2.24) is 0 Å². The highest BCUT2D eigenvalue weighted by atomic mass is 35.5. The molecule has 0 unspecified atom stereocenters. The summed E-state index contributed by atoms with van der Waals surface area (Å²) in [5.74, 6) is 0.560. The van der Waals surface area contributed by atoms with Gasteiger partial charge in [-0.05, 0) is 36.3 Å². The lowest BCUT2D eigenvalue weighted by Crippen LogP contribution is -2.14. The number of amides is 1. The van der Waals surface area contributed by atoms with Gasteiger partial charge in [0.25, 0.3) is 5.91 Å². The van der Waals surface area contributed by atoms with Gasteiger partial charge in [-0.1, -0.05) is 59.1 Å². The lowest BCUT2D eigenvalue weighted by Gasteiger charge is -2.13. The monoisotopic (exact) mass is 496 g/mol. The highest BCUT2D eigenvalue weighted by Crippen LogP contribution is 2.36. The Hall–Kier alpha value is -3.66. The van der Waals surface area contributed by atoms with Crippen molar-refractivity contribution in [2.75, 3.05) is 19.5 Å². The molecule has 0 spiro atoms. The molecule has 8 heteroatoms. The first kappa shape index (κ1) is 25.0. The standard InChI is InChI=1S/C26H22Cl2N2O4/c1-16-5-4-6-18(9-16)15-34-23-8-7-17(11-20(23)27)10-19(14-29)26(31)30-22-13-24(32-2)21(28)12-25(22)33-3/h4-13H,15H2,1-3H3,(H,30,31)/b19-10+. The van der Waals surface area contributed by atoms with E-state index in [0.29, 0.717) is 45.2 Å². The summed E-state index contributed by atoms with van der Waals surface area (Å²) in [5.41, 5.74) is 2.93. The maximum Gasteiger partial charge on any atom is 0.266 e. The van der Waals surface area contributed by atoms with Crippen LogP contribution < -0.4 is 19.5 Å². The molecule has 0 bridgehead atoms. The summed E-state index contributed by atoms with van der Waals surface area (Å²) in [6, 6.07) is 18.0. The molecule has 0 saturated heterocycles. The van der Waals surface area contributed by atoms with Crippen LogP contribution in [-0.2, 0) is 11.4 Å². The van der Waals surface area contributed by atoms with Crippen LogP contribution in [0.25, 0.3) is 6.08 Å². The van der Waals surface area contributed by atoms with E-state index in [2.05, 4.69) is 5.32 Å². The number of carbonyl (C=O) groups is 1. The van der Waals surface area contributed by atoms with Gasteiger partial charge >= 0.3 is 0 Å². The number of nitrogens with zero attached hydrogens (tertiary/aromatic N) is 1. The number of rotatable bonds is 8. The minimum atomic E-state index is -0.624. The Labute approximate surface area is 208 Å². The van der Waals surface area contributed by atoms with Crippen molar-refractivity contribution < 1.29 is 19.0 Å². The Morgan fingerprint density at radius 2 is 1.74 bits per heavy atom. The average Bonchev–Trinajstić information content (AvgIpc) is 2.82. The van der Waals surface area contributed by atoms with Gasteiger partial charge in [0.15, 0.2) is 0 Å². The van der Waals surface area contributed by atoms with Gasteiger partial charge in [0, 0.05) is 12.1 Å². The SMILES string of the molecule is COc1cc(NC(=O)/C(C#N)=C/c2ccc(OCc3cccc(C)c3)c(Cl)c2)c(OC)cc1Cl. The van der Waals surface area contributed by atoms with Crippen molar-refractivity contribution in [2.24, 2.45) is 0 Å². The van der Waals surface area contributed by atoms with Gasteiger partial charge in [0.1, 0.15) is 35.5 Å². The van der Waals surface area contributed by atoms with Crippen LogP contribution in [0.2, 0.25) is 10.0 Å². The van der Waals surface area contributed by atoms with E-state index >= 15 is 0 Å². The lowest BCUT2D eigenvalue weighted by atomic mass is 10.1. The zero-order chi connectivity index (χ0) is 24.7. The van der Waals surface area contributed by atoms with Gasteiger partial charge in [0.2, 0.25) is 0 Å². The van der Waals surface area contributed by atoms with Crippen LogP contribution >= 0.6 is 23.2 Å². The maximum atomic E-state index is 12.8. The number of carbonyl (C=O) groups excluding carboxylic acids is 1. The number of nitrogens with one attached hydrogen (secondary N) is 1. The normalized spacial score (nSPS) is 10.9. The number of benzene rings is 3. The molecule has 0 atom stereocenters. The smallest absolute Gasteiger partial charge is 0.266 e. The highest BCUT2D eigenvalue weighted by Gasteiger charge is 2.16. The zero-order valence-corrected chi connectivity index (χ0v) is 20.3. The van der Waals surface area contributed by atoms with E-state index in [4.69, 9.17) is 37.4 Å². The third-order valence-corrected chi connectivity index (χ3v) is 5.42. The molecule has 1 N–H and O–H groups in total. The first-order chi connectivity index (χ1) is 16.3. The molecule has 0 aromatic heterocycles. The molecule has 0 aliphatic heterocycles. The summed E-state index contributed by atoms with van der Waals surface area (Å²) in [4.78, 5) is 12.8. The number of hydrogen-bond acceptors (Lipinski definition) is 5. The molecule has 6 nitrogen and oxygen atoms in total. The molecule has 3 aromatic rings. The predicted octanol–water partition coefficient (Wildman–Crippen LogP) is 6.44. The van der Waals surface area contributed by atoms with Crippen LogP contribution in [0.15, 0.2) is 60.2 Å². The second kappa shape index (κ2) is 11.5. The second-order valence-electron chi connectivity index (χ2n) is 7.28. The number of hydrogen-bond donors (Lipinski definition) is 1. The molecule has 34 heavy (non-hydrogen) atoms. The van der Waals surface area contributed by atoms with Crippen molar-refractivity contribution in [3.63, 3.8) is 0 Å². The molecule has 3 rings (SSSR count). The molecule has 0 fully saturated rings. The van der Waals surface area contributed by atoms with Crippen molar-refractivity contribution in [1.29, 1.82) is 5.26 Å².